The standard InChI is InChI=1S/C47H76O18/c1-42(2)13-15-47(16-14-45(5)22(23(47)17-42)7-8-28-43(3)11-10-29(52)44(4,21-50)27(43)9-12-46(28,45)6)41(59)65-39-35(58)33(56)36(26(19-49)62-39)63-40-37(30(53)24(51)20-60-40)64-38-34(57)32(55)31(54)25(18-48)61-38/h7,23-40,48-58H,8-21H2,1-6H3. The Kier molecular flexibility index (Phi) is 13.7. The summed E-state index contributed by atoms with van der Waals surface area (Å²) in [6.07, 6.45) is -14.4. The lowest BCUT2D eigenvalue weighted by molar-refractivity contribution is -0.377. The van der Waals surface area contributed by atoms with E-state index in [4.69, 9.17) is 28.4 Å². The number of aliphatic hydroxyl groups excluding tert-OH is 11. The van der Waals surface area contributed by atoms with Crippen LogP contribution in [0.25, 0.3) is 0 Å². The molecule has 0 radical (unpaired) electrons. The normalized spacial score (nSPS) is 54.3. The molecule has 0 amide bonds. The van der Waals surface area contributed by atoms with Gasteiger partial charge in [0, 0.05) is 5.41 Å². The lowest BCUT2D eigenvalue weighted by Gasteiger charge is -2.71. The van der Waals surface area contributed by atoms with Crippen LogP contribution in [0.3, 0.4) is 0 Å². The first-order valence-corrected chi connectivity index (χ1v) is 23.9. The first-order chi connectivity index (χ1) is 30.5. The average molecular weight is 929 g/mol. The molecule has 23 unspecified atom stereocenters. The molecule has 3 saturated heterocycles. The van der Waals surface area contributed by atoms with Gasteiger partial charge in [-0.1, -0.05) is 53.2 Å². The van der Waals surface area contributed by atoms with Gasteiger partial charge in [-0.3, -0.25) is 4.79 Å². The third-order valence-electron chi connectivity index (χ3n) is 19.1. The minimum atomic E-state index is -1.89. The second-order valence-corrected chi connectivity index (χ2v) is 22.9. The summed E-state index contributed by atoms with van der Waals surface area (Å²) in [6.45, 7) is 11.6. The molecule has 8 rings (SSSR count). The van der Waals surface area contributed by atoms with Gasteiger partial charge in [-0.05, 0) is 104 Å². The summed E-state index contributed by atoms with van der Waals surface area (Å²) in [6, 6.07) is 0. The van der Waals surface area contributed by atoms with E-state index in [2.05, 4.69) is 40.7 Å². The highest BCUT2D eigenvalue weighted by Gasteiger charge is 2.70. The Labute approximate surface area is 380 Å². The highest BCUT2D eigenvalue weighted by molar-refractivity contribution is 5.79. The van der Waals surface area contributed by atoms with Crippen molar-refractivity contribution in [2.24, 2.45) is 50.2 Å². The maximum absolute atomic E-state index is 15.0. The molecule has 0 aromatic carbocycles. The summed E-state index contributed by atoms with van der Waals surface area (Å²) in [5, 5.41) is 118. The van der Waals surface area contributed by atoms with Crippen LogP contribution in [-0.2, 0) is 33.2 Å². The number of fused-ring (bicyclic) bond motifs is 7. The molecular formula is C47H76O18. The summed E-state index contributed by atoms with van der Waals surface area (Å²) in [5.41, 5.74) is -0.842. The van der Waals surface area contributed by atoms with Gasteiger partial charge in [0.1, 0.15) is 67.1 Å². The van der Waals surface area contributed by atoms with Crippen LogP contribution in [0.2, 0.25) is 0 Å². The topological polar surface area (TPSA) is 295 Å². The molecule has 18 heteroatoms. The van der Waals surface area contributed by atoms with Gasteiger partial charge in [-0.2, -0.15) is 0 Å². The molecule has 3 heterocycles. The van der Waals surface area contributed by atoms with Gasteiger partial charge in [0.15, 0.2) is 12.6 Å². The van der Waals surface area contributed by atoms with Gasteiger partial charge in [-0.15, -0.1) is 0 Å². The van der Waals surface area contributed by atoms with Crippen LogP contribution in [0.4, 0.5) is 0 Å². The molecule has 0 spiro atoms. The Balaban J connectivity index is 1.01. The van der Waals surface area contributed by atoms with E-state index in [0.717, 1.165) is 44.9 Å². The number of esters is 1. The van der Waals surface area contributed by atoms with Crippen molar-refractivity contribution < 1.29 is 89.4 Å². The minimum Gasteiger partial charge on any atom is -0.432 e. The smallest absolute Gasteiger partial charge is 0.315 e. The van der Waals surface area contributed by atoms with E-state index in [9.17, 15) is 61.0 Å². The lowest BCUT2D eigenvalue weighted by Crippen LogP contribution is -2.66. The van der Waals surface area contributed by atoms with E-state index < -0.39 is 129 Å². The second-order valence-electron chi connectivity index (χ2n) is 22.9. The zero-order chi connectivity index (χ0) is 47.4. The fraction of sp³-hybridized carbons (Fsp3) is 0.936. The molecule has 65 heavy (non-hydrogen) atoms. The van der Waals surface area contributed by atoms with Crippen LogP contribution in [0.15, 0.2) is 11.6 Å². The maximum Gasteiger partial charge on any atom is 0.315 e. The van der Waals surface area contributed by atoms with Crippen molar-refractivity contribution in [2.75, 3.05) is 26.4 Å². The first-order valence-electron chi connectivity index (χ1n) is 23.9. The third kappa shape index (κ3) is 7.80. The monoisotopic (exact) mass is 929 g/mol. The Morgan fingerprint density at radius 1 is 0.677 bits per heavy atom. The van der Waals surface area contributed by atoms with Crippen molar-refractivity contribution in [1.29, 1.82) is 0 Å². The number of carbonyl (C=O) groups excluding carboxylic acids is 1. The largest absolute Gasteiger partial charge is 0.432 e. The third-order valence-corrected chi connectivity index (χ3v) is 19.1. The van der Waals surface area contributed by atoms with Crippen LogP contribution < -0.4 is 0 Å². The zero-order valence-corrected chi connectivity index (χ0v) is 38.6. The van der Waals surface area contributed by atoms with Gasteiger partial charge in [0.2, 0.25) is 6.29 Å². The summed E-state index contributed by atoms with van der Waals surface area (Å²) < 4.78 is 35.0. The van der Waals surface area contributed by atoms with Crippen molar-refractivity contribution in [3.05, 3.63) is 11.6 Å². The molecule has 0 bridgehead atoms. The van der Waals surface area contributed by atoms with Crippen molar-refractivity contribution in [1.82, 2.24) is 0 Å². The van der Waals surface area contributed by atoms with Crippen molar-refractivity contribution in [3.8, 4) is 0 Å². The SMILES string of the molecule is CC1(C)CCC2(C(=O)OC3OC(CO)C(OC4OCC(O)C(O)C4OC4OC(CO)C(O)C(O)C4O)C(O)C3O)CCC3(C)C(=CCC4C5(C)CCC(O)C(C)(CO)C5CCC43C)C2C1. The van der Waals surface area contributed by atoms with Gasteiger partial charge in [0.25, 0.3) is 0 Å². The van der Waals surface area contributed by atoms with Crippen LogP contribution in [0.1, 0.15) is 106 Å². The molecule has 3 aliphatic heterocycles. The molecule has 11 N–H and O–H groups in total. The molecule has 372 valence electrons. The molecule has 0 aromatic heterocycles. The quantitative estimate of drug-likeness (QED) is 0.105. The van der Waals surface area contributed by atoms with E-state index in [0.29, 0.717) is 25.2 Å². The van der Waals surface area contributed by atoms with Crippen molar-refractivity contribution >= 4 is 5.97 Å². The van der Waals surface area contributed by atoms with Crippen LogP contribution in [-0.4, -0.2) is 181 Å². The summed E-state index contributed by atoms with van der Waals surface area (Å²) in [7, 11) is 0. The van der Waals surface area contributed by atoms with Crippen LogP contribution in [0, 0.1) is 50.2 Å². The predicted molar refractivity (Wildman–Crippen MR) is 226 cm³/mol. The Hall–Kier alpha value is -1.43. The van der Waals surface area contributed by atoms with Crippen molar-refractivity contribution in [3.63, 3.8) is 0 Å². The molecule has 0 aromatic rings. The fourth-order valence-corrected chi connectivity index (χ4v) is 14.7. The van der Waals surface area contributed by atoms with Gasteiger partial charge < -0.3 is 84.6 Å². The lowest BCUT2D eigenvalue weighted by atomic mass is 9.33. The van der Waals surface area contributed by atoms with Crippen LogP contribution >= 0.6 is 0 Å². The number of hydrogen-bond donors (Lipinski definition) is 11. The number of aliphatic hydroxyl groups is 11. The predicted octanol–water partition coefficient (Wildman–Crippen LogP) is -0.248. The second kappa shape index (κ2) is 17.8. The maximum atomic E-state index is 15.0. The summed E-state index contributed by atoms with van der Waals surface area (Å²) in [5.74, 6) is -0.274. The molecule has 4 saturated carbocycles. The number of ether oxygens (including phenoxy) is 6. The number of rotatable bonds is 9. The number of hydrogen-bond acceptors (Lipinski definition) is 18. The number of carbonyl (C=O) groups is 1. The Morgan fingerprint density at radius 3 is 2.00 bits per heavy atom. The summed E-state index contributed by atoms with van der Waals surface area (Å²) in [4.78, 5) is 15.0. The highest BCUT2D eigenvalue weighted by Crippen LogP contribution is 2.76. The summed E-state index contributed by atoms with van der Waals surface area (Å²) >= 11 is 0. The van der Waals surface area contributed by atoms with Crippen LogP contribution in [0.5, 0.6) is 0 Å². The highest BCUT2D eigenvalue weighted by atomic mass is 16.8. The van der Waals surface area contributed by atoms with Gasteiger partial charge >= 0.3 is 5.97 Å². The van der Waals surface area contributed by atoms with Gasteiger partial charge in [-0.25, -0.2) is 0 Å². The molecule has 23 atom stereocenters. The molecular weight excluding hydrogens is 852 g/mol. The number of allylic oxidation sites excluding steroid dienone is 2. The van der Waals surface area contributed by atoms with E-state index >= 15 is 0 Å². The van der Waals surface area contributed by atoms with Crippen molar-refractivity contribution in [2.45, 2.75) is 198 Å². The molecule has 5 aliphatic carbocycles. The van der Waals surface area contributed by atoms with E-state index in [1.54, 1.807) is 0 Å². The molecule has 7 fully saturated rings. The van der Waals surface area contributed by atoms with E-state index in [1.165, 1.54) is 5.57 Å². The fourth-order valence-electron chi connectivity index (χ4n) is 14.7. The van der Waals surface area contributed by atoms with E-state index in [1.807, 2.05) is 6.92 Å². The van der Waals surface area contributed by atoms with Gasteiger partial charge in [0.05, 0.1) is 37.9 Å². The van der Waals surface area contributed by atoms with E-state index in [-0.39, 0.29) is 40.1 Å². The zero-order valence-electron chi connectivity index (χ0n) is 38.6. The molecule has 18 nitrogen and oxygen atoms in total. The Bertz CT molecular complexity index is 1760. The molecule has 8 aliphatic rings. The average Bonchev–Trinajstić information content (AvgIpc) is 3.27. The minimum absolute atomic E-state index is 0.0603. The first kappa shape index (κ1) is 50.0. The Morgan fingerprint density at radius 2 is 1.32 bits per heavy atom.